The van der Waals surface area contributed by atoms with Crippen molar-refractivity contribution in [2.24, 2.45) is 5.10 Å². The third kappa shape index (κ3) is 3.84. The van der Waals surface area contributed by atoms with E-state index in [4.69, 9.17) is 13.9 Å². The molecule has 1 aromatic heterocycles. The summed E-state index contributed by atoms with van der Waals surface area (Å²) in [7, 11) is 2.95. The average molecular weight is 319 g/mol. The second-order valence-electron chi connectivity index (χ2n) is 4.20. The topological polar surface area (TPSA) is 116 Å². The summed E-state index contributed by atoms with van der Waals surface area (Å²) in [6.45, 7) is 0. The Hall–Kier alpha value is -3.36. The molecule has 0 aliphatic heterocycles. The van der Waals surface area contributed by atoms with Crippen LogP contribution in [0.1, 0.15) is 16.1 Å². The Morgan fingerprint density at radius 1 is 1.26 bits per heavy atom. The van der Waals surface area contributed by atoms with E-state index in [1.165, 1.54) is 32.4 Å². The van der Waals surface area contributed by atoms with E-state index in [0.717, 1.165) is 6.21 Å². The number of furan rings is 1. The first-order valence-corrected chi connectivity index (χ1v) is 6.35. The van der Waals surface area contributed by atoms with Gasteiger partial charge in [0.1, 0.15) is 4.92 Å². The van der Waals surface area contributed by atoms with Gasteiger partial charge in [-0.3, -0.25) is 14.9 Å². The number of ether oxygens (including phenoxy) is 2. The molecule has 1 amide bonds. The van der Waals surface area contributed by atoms with E-state index in [0.29, 0.717) is 17.1 Å². The molecule has 0 bridgehead atoms. The molecule has 23 heavy (non-hydrogen) atoms. The number of nitro groups is 1. The molecule has 9 heteroatoms. The second kappa shape index (κ2) is 7.07. The van der Waals surface area contributed by atoms with Crippen molar-refractivity contribution in [1.29, 1.82) is 0 Å². The highest BCUT2D eigenvalue weighted by atomic mass is 16.6. The van der Waals surface area contributed by atoms with Gasteiger partial charge in [0.25, 0.3) is 5.91 Å². The van der Waals surface area contributed by atoms with Crippen molar-refractivity contribution in [3.05, 3.63) is 51.8 Å². The minimum Gasteiger partial charge on any atom is -0.493 e. The molecular weight excluding hydrogens is 306 g/mol. The number of rotatable bonds is 6. The summed E-state index contributed by atoms with van der Waals surface area (Å²) in [5.41, 5.74) is 2.59. The zero-order valence-electron chi connectivity index (χ0n) is 12.3. The molecule has 2 aromatic rings. The molecule has 0 atom stereocenters. The highest BCUT2D eigenvalue weighted by molar-refractivity contribution is 5.95. The van der Waals surface area contributed by atoms with Gasteiger partial charge >= 0.3 is 5.88 Å². The molecule has 0 aliphatic carbocycles. The molecule has 1 aromatic carbocycles. The Morgan fingerprint density at radius 2 is 2.00 bits per heavy atom. The van der Waals surface area contributed by atoms with Gasteiger partial charge in [0.15, 0.2) is 17.3 Å². The van der Waals surface area contributed by atoms with Crippen LogP contribution in [0.4, 0.5) is 5.88 Å². The van der Waals surface area contributed by atoms with Gasteiger partial charge in [-0.2, -0.15) is 5.10 Å². The first kappa shape index (κ1) is 16.0. The van der Waals surface area contributed by atoms with Crippen LogP contribution in [0.3, 0.4) is 0 Å². The SMILES string of the molecule is COc1ccc(C(=O)N/N=C\c2ccc([N+](=O)[O-])o2)cc1OC. The zero-order chi connectivity index (χ0) is 16.8. The normalized spacial score (nSPS) is 10.5. The Labute approximate surface area is 130 Å². The summed E-state index contributed by atoms with van der Waals surface area (Å²) >= 11 is 0. The predicted molar refractivity (Wildman–Crippen MR) is 80.0 cm³/mol. The highest BCUT2D eigenvalue weighted by Gasteiger charge is 2.11. The molecule has 0 saturated carbocycles. The summed E-state index contributed by atoms with van der Waals surface area (Å²) in [4.78, 5) is 21.8. The third-order valence-corrected chi connectivity index (χ3v) is 2.80. The van der Waals surface area contributed by atoms with Crippen LogP contribution in [0.2, 0.25) is 0 Å². The molecule has 2 rings (SSSR count). The fourth-order valence-electron chi connectivity index (χ4n) is 1.71. The van der Waals surface area contributed by atoms with Gasteiger partial charge in [0, 0.05) is 5.56 Å². The van der Waals surface area contributed by atoms with E-state index >= 15 is 0 Å². The van der Waals surface area contributed by atoms with Crippen molar-refractivity contribution < 1.29 is 23.6 Å². The number of amides is 1. The van der Waals surface area contributed by atoms with Gasteiger partial charge < -0.3 is 13.9 Å². The lowest BCUT2D eigenvalue weighted by Crippen LogP contribution is -2.17. The van der Waals surface area contributed by atoms with E-state index in [1.54, 1.807) is 12.1 Å². The molecule has 9 nitrogen and oxygen atoms in total. The van der Waals surface area contributed by atoms with E-state index in [1.807, 2.05) is 0 Å². The minimum atomic E-state index is -0.667. The van der Waals surface area contributed by atoms with E-state index in [-0.39, 0.29) is 5.76 Å². The van der Waals surface area contributed by atoms with Crippen LogP contribution in [-0.2, 0) is 0 Å². The van der Waals surface area contributed by atoms with Gasteiger partial charge in [-0.15, -0.1) is 0 Å². The van der Waals surface area contributed by atoms with Crippen LogP contribution < -0.4 is 14.9 Å². The van der Waals surface area contributed by atoms with E-state index in [9.17, 15) is 14.9 Å². The first-order chi connectivity index (χ1) is 11.0. The standard InChI is InChI=1S/C14H13N3O6/c1-21-11-5-3-9(7-12(11)22-2)14(18)16-15-8-10-4-6-13(23-10)17(19)20/h3-8H,1-2H3,(H,16,18)/b15-8-. The number of hydrogen-bond acceptors (Lipinski definition) is 7. The van der Waals surface area contributed by atoms with Gasteiger partial charge in [0.2, 0.25) is 0 Å². The molecule has 120 valence electrons. The summed E-state index contributed by atoms with van der Waals surface area (Å²) in [6.07, 6.45) is 1.16. The Kier molecular flexibility index (Phi) is 4.92. The summed E-state index contributed by atoms with van der Waals surface area (Å²) in [5.74, 6) is 0.159. The van der Waals surface area contributed by atoms with Crippen LogP contribution in [0.15, 0.2) is 39.9 Å². The lowest BCUT2D eigenvalue weighted by molar-refractivity contribution is -0.402. The Morgan fingerprint density at radius 3 is 2.61 bits per heavy atom. The summed E-state index contributed by atoms with van der Waals surface area (Å²) in [6, 6.07) is 7.19. The smallest absolute Gasteiger partial charge is 0.433 e. The maximum absolute atomic E-state index is 12.0. The van der Waals surface area contributed by atoms with Crippen LogP contribution in [0.25, 0.3) is 0 Å². The van der Waals surface area contributed by atoms with Crippen molar-refractivity contribution in [1.82, 2.24) is 5.43 Å². The zero-order valence-corrected chi connectivity index (χ0v) is 12.3. The molecular formula is C14H13N3O6. The number of hydrogen-bond donors (Lipinski definition) is 1. The second-order valence-corrected chi connectivity index (χ2v) is 4.20. The fraction of sp³-hybridized carbons (Fsp3) is 0.143. The third-order valence-electron chi connectivity index (χ3n) is 2.80. The number of nitrogens with zero attached hydrogens (tertiary/aromatic N) is 2. The number of hydrazone groups is 1. The number of nitrogens with one attached hydrogen (secondary N) is 1. The van der Waals surface area contributed by atoms with Crippen molar-refractivity contribution in [2.75, 3.05) is 14.2 Å². The lowest BCUT2D eigenvalue weighted by Gasteiger charge is -2.08. The maximum Gasteiger partial charge on any atom is 0.433 e. The largest absolute Gasteiger partial charge is 0.493 e. The van der Waals surface area contributed by atoms with Crippen LogP contribution in [0.5, 0.6) is 11.5 Å². The van der Waals surface area contributed by atoms with Crippen LogP contribution in [0, 0.1) is 10.1 Å². The molecule has 1 heterocycles. The summed E-state index contributed by atoms with van der Waals surface area (Å²) in [5, 5.41) is 14.1. The molecule has 0 saturated heterocycles. The van der Waals surface area contributed by atoms with Crippen molar-refractivity contribution in [3.63, 3.8) is 0 Å². The van der Waals surface area contributed by atoms with Gasteiger partial charge in [-0.1, -0.05) is 0 Å². The van der Waals surface area contributed by atoms with Crippen molar-refractivity contribution in [2.45, 2.75) is 0 Å². The Bertz CT molecular complexity index is 753. The quantitative estimate of drug-likeness (QED) is 0.494. The van der Waals surface area contributed by atoms with Gasteiger partial charge in [0.05, 0.1) is 26.5 Å². The van der Waals surface area contributed by atoms with Crippen LogP contribution in [-0.4, -0.2) is 31.3 Å². The monoisotopic (exact) mass is 319 g/mol. The molecule has 0 fully saturated rings. The van der Waals surface area contributed by atoms with Gasteiger partial charge in [-0.05, 0) is 24.3 Å². The van der Waals surface area contributed by atoms with E-state index in [2.05, 4.69) is 10.5 Å². The molecule has 0 aliphatic rings. The fourth-order valence-corrected chi connectivity index (χ4v) is 1.71. The van der Waals surface area contributed by atoms with Crippen molar-refractivity contribution in [3.8, 4) is 11.5 Å². The highest BCUT2D eigenvalue weighted by Crippen LogP contribution is 2.27. The predicted octanol–water partition coefficient (Wildman–Crippen LogP) is 1.97. The number of benzene rings is 1. The summed E-state index contributed by atoms with van der Waals surface area (Å²) < 4.78 is 15.0. The number of methoxy groups -OCH3 is 2. The van der Waals surface area contributed by atoms with Crippen LogP contribution >= 0.6 is 0 Å². The van der Waals surface area contributed by atoms with Crippen molar-refractivity contribution >= 4 is 18.0 Å². The number of carbonyl (C=O) groups is 1. The molecule has 0 radical (unpaired) electrons. The number of carbonyl (C=O) groups excluding carboxylic acids is 1. The average Bonchev–Trinajstić information content (AvgIpc) is 3.03. The minimum absolute atomic E-state index is 0.143. The molecule has 0 spiro atoms. The lowest BCUT2D eigenvalue weighted by atomic mass is 10.2. The van der Waals surface area contributed by atoms with E-state index < -0.39 is 16.7 Å². The Balaban J connectivity index is 2.04. The first-order valence-electron chi connectivity index (χ1n) is 6.35. The maximum atomic E-state index is 12.0. The molecule has 1 N–H and O–H groups in total. The molecule has 0 unspecified atom stereocenters. The van der Waals surface area contributed by atoms with Gasteiger partial charge in [-0.25, -0.2) is 5.43 Å².